The summed E-state index contributed by atoms with van der Waals surface area (Å²) in [4.78, 5) is 19.1. The van der Waals surface area contributed by atoms with E-state index in [0.29, 0.717) is 11.3 Å². The van der Waals surface area contributed by atoms with E-state index in [1.165, 1.54) is 36.7 Å². The number of rotatable bonds is 7. The van der Waals surface area contributed by atoms with Crippen LogP contribution in [0.4, 0.5) is 11.5 Å². The Morgan fingerprint density at radius 2 is 1.82 bits per heavy atom. The summed E-state index contributed by atoms with van der Waals surface area (Å²) in [6.07, 6.45) is 4.04. The molecule has 33 heavy (non-hydrogen) atoms. The van der Waals surface area contributed by atoms with Gasteiger partial charge in [-0.3, -0.25) is 14.4 Å². The van der Waals surface area contributed by atoms with E-state index in [0.717, 1.165) is 25.6 Å². The Kier molecular flexibility index (Phi) is 7.05. The molecule has 0 saturated carbocycles. The zero-order valence-corrected chi connectivity index (χ0v) is 19.4. The fraction of sp³-hybridized carbons (Fsp3) is 0.280. The molecule has 7 nitrogen and oxygen atoms in total. The number of hydrogen-bond acceptors (Lipinski definition) is 5. The second kappa shape index (κ2) is 10.1. The van der Waals surface area contributed by atoms with Crippen LogP contribution in [0.25, 0.3) is 0 Å². The first-order valence-electron chi connectivity index (χ1n) is 11.1. The summed E-state index contributed by atoms with van der Waals surface area (Å²) in [5.74, 6) is 0.736. The predicted octanol–water partition coefficient (Wildman–Crippen LogP) is 4.37. The van der Waals surface area contributed by atoms with Gasteiger partial charge in [-0.25, -0.2) is 13.4 Å². The summed E-state index contributed by atoms with van der Waals surface area (Å²) in [6.45, 7) is 5.42. The molecule has 0 bridgehead atoms. The highest BCUT2D eigenvalue weighted by atomic mass is 32.2. The van der Waals surface area contributed by atoms with E-state index >= 15 is 0 Å². The molecule has 4 rings (SSSR count). The van der Waals surface area contributed by atoms with Gasteiger partial charge in [-0.05, 0) is 79.4 Å². The third-order valence-electron chi connectivity index (χ3n) is 5.69. The van der Waals surface area contributed by atoms with E-state index in [2.05, 4.69) is 26.8 Å². The summed E-state index contributed by atoms with van der Waals surface area (Å²) in [7, 11) is -3.76. The van der Waals surface area contributed by atoms with Gasteiger partial charge in [0.05, 0.1) is 4.90 Å². The van der Waals surface area contributed by atoms with Crippen molar-refractivity contribution in [3.05, 3.63) is 84.1 Å². The molecule has 172 valence electrons. The van der Waals surface area contributed by atoms with E-state index in [1.807, 2.05) is 24.3 Å². The smallest absolute Gasteiger partial charge is 0.263 e. The summed E-state index contributed by atoms with van der Waals surface area (Å²) in [5, 5.41) is 2.82. The van der Waals surface area contributed by atoms with E-state index in [9.17, 15) is 13.2 Å². The topological polar surface area (TPSA) is 91.4 Å². The molecule has 1 saturated heterocycles. The van der Waals surface area contributed by atoms with Crippen molar-refractivity contribution < 1.29 is 13.2 Å². The standard InChI is InChI=1S/C25H28N4O3S/c1-19-5-4-16-29(17-19)18-20-7-9-21(10-8-20)25(30)27-22-11-13-23(14-12-22)33(31,32)28-24-6-2-3-15-26-24/h2-3,6-15,19H,4-5,16-18H2,1H3,(H,26,28)(H,27,30)/t19-/m1/s1. The number of nitrogens with zero attached hydrogens (tertiary/aromatic N) is 2. The molecule has 2 N–H and O–H groups in total. The highest BCUT2D eigenvalue weighted by Gasteiger charge is 2.17. The summed E-state index contributed by atoms with van der Waals surface area (Å²) >= 11 is 0. The monoisotopic (exact) mass is 464 g/mol. The van der Waals surface area contributed by atoms with Crippen molar-refractivity contribution in [2.75, 3.05) is 23.1 Å². The lowest BCUT2D eigenvalue weighted by Gasteiger charge is -2.30. The average molecular weight is 465 g/mol. The van der Waals surface area contributed by atoms with Gasteiger partial charge in [-0.1, -0.05) is 25.1 Å². The van der Waals surface area contributed by atoms with Gasteiger partial charge in [0.25, 0.3) is 15.9 Å². The number of carbonyl (C=O) groups is 1. The fourth-order valence-electron chi connectivity index (χ4n) is 3.99. The Morgan fingerprint density at radius 1 is 1.06 bits per heavy atom. The maximum Gasteiger partial charge on any atom is 0.263 e. The Balaban J connectivity index is 1.35. The molecular formula is C25H28N4O3S. The van der Waals surface area contributed by atoms with Gasteiger partial charge in [-0.2, -0.15) is 0 Å². The maximum absolute atomic E-state index is 12.6. The quantitative estimate of drug-likeness (QED) is 0.542. The number of nitrogens with one attached hydrogen (secondary N) is 2. The van der Waals surface area contributed by atoms with Crippen molar-refractivity contribution in [1.29, 1.82) is 0 Å². The van der Waals surface area contributed by atoms with Crippen LogP contribution >= 0.6 is 0 Å². The van der Waals surface area contributed by atoms with Crippen LogP contribution in [0.2, 0.25) is 0 Å². The molecule has 0 aliphatic carbocycles. The predicted molar refractivity (Wildman–Crippen MR) is 130 cm³/mol. The third kappa shape index (κ3) is 6.18. The average Bonchev–Trinajstić information content (AvgIpc) is 2.80. The zero-order valence-electron chi connectivity index (χ0n) is 18.6. The first kappa shape index (κ1) is 22.9. The molecule has 1 aliphatic rings. The van der Waals surface area contributed by atoms with Gasteiger partial charge in [0.1, 0.15) is 5.82 Å². The maximum atomic E-state index is 12.6. The van der Waals surface area contributed by atoms with Gasteiger partial charge in [0.2, 0.25) is 0 Å². The van der Waals surface area contributed by atoms with Crippen LogP contribution in [0, 0.1) is 5.92 Å². The second-order valence-corrected chi connectivity index (χ2v) is 10.2. The van der Waals surface area contributed by atoms with Gasteiger partial charge >= 0.3 is 0 Å². The van der Waals surface area contributed by atoms with Gasteiger partial charge < -0.3 is 5.32 Å². The van der Waals surface area contributed by atoms with Crippen LogP contribution in [-0.4, -0.2) is 37.3 Å². The number of amides is 1. The van der Waals surface area contributed by atoms with Crippen LogP contribution in [-0.2, 0) is 16.6 Å². The molecule has 1 aromatic heterocycles. The normalized spacial score (nSPS) is 16.8. The molecule has 1 fully saturated rings. The van der Waals surface area contributed by atoms with Crippen LogP contribution < -0.4 is 10.0 Å². The lowest BCUT2D eigenvalue weighted by molar-refractivity contribution is 0.102. The van der Waals surface area contributed by atoms with Crippen molar-refractivity contribution in [2.45, 2.75) is 31.2 Å². The number of benzene rings is 2. The molecule has 0 radical (unpaired) electrons. The molecule has 1 atom stereocenters. The molecule has 2 heterocycles. The van der Waals surface area contributed by atoms with Crippen LogP contribution in [0.1, 0.15) is 35.7 Å². The Labute approximate surface area is 194 Å². The number of anilines is 2. The molecule has 0 unspecified atom stereocenters. The highest BCUT2D eigenvalue weighted by Crippen LogP contribution is 2.20. The number of piperidine rings is 1. The fourth-order valence-corrected chi connectivity index (χ4v) is 5.00. The molecule has 0 spiro atoms. The van der Waals surface area contributed by atoms with Crippen molar-refractivity contribution in [1.82, 2.24) is 9.88 Å². The largest absolute Gasteiger partial charge is 0.322 e. The van der Waals surface area contributed by atoms with Crippen LogP contribution in [0.3, 0.4) is 0 Å². The number of likely N-dealkylation sites (tertiary alicyclic amines) is 1. The lowest BCUT2D eigenvalue weighted by atomic mass is 9.99. The van der Waals surface area contributed by atoms with Crippen molar-refractivity contribution in [3.8, 4) is 0 Å². The molecular weight excluding hydrogens is 436 g/mol. The minimum absolute atomic E-state index is 0.0857. The number of aromatic nitrogens is 1. The minimum atomic E-state index is -3.76. The first-order valence-corrected chi connectivity index (χ1v) is 12.5. The number of hydrogen-bond donors (Lipinski definition) is 2. The van der Waals surface area contributed by atoms with Crippen molar-refractivity contribution in [3.63, 3.8) is 0 Å². The highest BCUT2D eigenvalue weighted by molar-refractivity contribution is 7.92. The Bertz CT molecular complexity index is 1180. The van der Waals surface area contributed by atoms with Crippen LogP contribution in [0.5, 0.6) is 0 Å². The van der Waals surface area contributed by atoms with Crippen molar-refractivity contribution in [2.24, 2.45) is 5.92 Å². The summed E-state index contributed by atoms with van der Waals surface area (Å²) < 4.78 is 27.4. The third-order valence-corrected chi connectivity index (χ3v) is 7.06. The van der Waals surface area contributed by atoms with E-state index in [-0.39, 0.29) is 16.6 Å². The molecule has 1 amide bonds. The first-order chi connectivity index (χ1) is 15.9. The second-order valence-electron chi connectivity index (χ2n) is 8.48. The van der Waals surface area contributed by atoms with E-state index in [4.69, 9.17) is 0 Å². The minimum Gasteiger partial charge on any atom is -0.322 e. The van der Waals surface area contributed by atoms with E-state index in [1.54, 1.807) is 30.3 Å². The molecule has 1 aliphatic heterocycles. The summed E-state index contributed by atoms with van der Waals surface area (Å²) in [5.41, 5.74) is 2.26. The van der Waals surface area contributed by atoms with Crippen molar-refractivity contribution >= 4 is 27.4 Å². The number of pyridine rings is 1. The number of carbonyl (C=O) groups excluding carboxylic acids is 1. The van der Waals surface area contributed by atoms with E-state index < -0.39 is 10.0 Å². The van der Waals surface area contributed by atoms with Crippen LogP contribution in [0.15, 0.2) is 77.8 Å². The number of sulfonamides is 1. The SMILES string of the molecule is C[C@@H]1CCCN(Cc2ccc(C(=O)Nc3ccc(S(=O)(=O)Nc4ccccn4)cc3)cc2)C1. The van der Waals surface area contributed by atoms with Gasteiger partial charge in [0.15, 0.2) is 0 Å². The van der Waals surface area contributed by atoms with Gasteiger partial charge in [0, 0.05) is 30.5 Å². The lowest BCUT2D eigenvalue weighted by Crippen LogP contribution is -2.33. The summed E-state index contributed by atoms with van der Waals surface area (Å²) in [6, 6.07) is 18.6. The van der Waals surface area contributed by atoms with Gasteiger partial charge in [-0.15, -0.1) is 0 Å². The molecule has 2 aromatic carbocycles. The molecule has 3 aromatic rings. The Morgan fingerprint density at radius 3 is 2.48 bits per heavy atom. The molecule has 8 heteroatoms. The zero-order chi connectivity index (χ0) is 23.3. The Hall–Kier alpha value is -3.23.